The standard InChI is InChI=1S/C32H26N2/c1-19-33-30(20-16-17-24-23-12-8-9-15-27(23)32(2,3)28(24)18-20)29-25-13-6-4-10-21(25)22-11-5-7-14-26(22)31(29)34-19/h4-15,18H,16-17H2,1-3H3. The zero-order valence-electron chi connectivity index (χ0n) is 19.8. The summed E-state index contributed by atoms with van der Waals surface area (Å²) in [6, 6.07) is 26.3. The maximum absolute atomic E-state index is 5.09. The van der Waals surface area contributed by atoms with Gasteiger partial charge in [-0.2, -0.15) is 0 Å². The number of hydrogen-bond donors (Lipinski definition) is 0. The van der Waals surface area contributed by atoms with E-state index in [0.29, 0.717) is 0 Å². The summed E-state index contributed by atoms with van der Waals surface area (Å²) in [5.41, 5.74) is 9.32. The van der Waals surface area contributed by atoms with Gasteiger partial charge in [0.25, 0.3) is 0 Å². The van der Waals surface area contributed by atoms with Gasteiger partial charge in [0.1, 0.15) is 5.82 Å². The molecule has 0 fully saturated rings. The van der Waals surface area contributed by atoms with Gasteiger partial charge in [-0.3, -0.25) is 0 Å². The lowest BCUT2D eigenvalue weighted by molar-refractivity contribution is 0.652. The zero-order valence-corrected chi connectivity index (χ0v) is 19.8. The second-order valence-corrected chi connectivity index (χ2v) is 10.2. The van der Waals surface area contributed by atoms with E-state index >= 15 is 0 Å². The normalized spacial score (nSPS) is 16.7. The quantitative estimate of drug-likeness (QED) is 0.247. The highest BCUT2D eigenvalue weighted by molar-refractivity contribution is 6.26. The lowest BCUT2D eigenvalue weighted by Gasteiger charge is -2.26. The Bertz CT molecular complexity index is 1730. The molecule has 1 aromatic heterocycles. The van der Waals surface area contributed by atoms with Crippen molar-refractivity contribution in [1.82, 2.24) is 9.97 Å². The lowest BCUT2D eigenvalue weighted by Crippen LogP contribution is -2.17. The van der Waals surface area contributed by atoms with Crippen LogP contribution in [0.1, 0.15) is 49.3 Å². The third-order valence-corrected chi connectivity index (χ3v) is 7.88. The average molecular weight is 439 g/mol. The fourth-order valence-corrected chi connectivity index (χ4v) is 6.30. The Morgan fingerprint density at radius 2 is 1.35 bits per heavy atom. The van der Waals surface area contributed by atoms with Crippen LogP contribution in [0.15, 0.2) is 84.4 Å². The van der Waals surface area contributed by atoms with Crippen molar-refractivity contribution in [3.8, 4) is 0 Å². The second kappa shape index (κ2) is 6.87. The maximum Gasteiger partial charge on any atom is 0.126 e. The predicted octanol–water partition coefficient (Wildman–Crippen LogP) is 8.17. The summed E-state index contributed by atoms with van der Waals surface area (Å²) in [6.07, 6.45) is 4.50. The molecule has 0 unspecified atom stereocenters. The Balaban J connectivity index is 1.56. The molecule has 2 aliphatic rings. The van der Waals surface area contributed by atoms with E-state index in [0.717, 1.165) is 29.9 Å². The van der Waals surface area contributed by atoms with E-state index in [1.54, 1.807) is 0 Å². The summed E-state index contributed by atoms with van der Waals surface area (Å²) >= 11 is 0. The summed E-state index contributed by atoms with van der Waals surface area (Å²) in [4.78, 5) is 10.1. The van der Waals surface area contributed by atoms with E-state index in [2.05, 4.69) is 92.7 Å². The van der Waals surface area contributed by atoms with E-state index in [-0.39, 0.29) is 5.41 Å². The molecule has 0 bridgehead atoms. The van der Waals surface area contributed by atoms with Gasteiger partial charge in [0.15, 0.2) is 0 Å². The first kappa shape index (κ1) is 19.7. The van der Waals surface area contributed by atoms with Crippen molar-refractivity contribution in [2.75, 3.05) is 0 Å². The predicted molar refractivity (Wildman–Crippen MR) is 143 cm³/mol. The molecule has 0 N–H and O–H groups in total. The van der Waals surface area contributed by atoms with Gasteiger partial charge in [0.05, 0.1) is 11.2 Å². The first-order chi connectivity index (χ1) is 16.5. The molecule has 0 spiro atoms. The molecule has 0 amide bonds. The maximum atomic E-state index is 5.09. The van der Waals surface area contributed by atoms with Crippen molar-refractivity contribution < 1.29 is 0 Å². The average Bonchev–Trinajstić information content (AvgIpc) is 3.10. The first-order valence-electron chi connectivity index (χ1n) is 12.2. The topological polar surface area (TPSA) is 25.8 Å². The van der Waals surface area contributed by atoms with Gasteiger partial charge in [-0.15, -0.1) is 0 Å². The van der Waals surface area contributed by atoms with Crippen LogP contribution in [0.25, 0.3) is 43.6 Å². The zero-order chi connectivity index (χ0) is 23.0. The lowest BCUT2D eigenvalue weighted by atomic mass is 9.78. The van der Waals surface area contributed by atoms with E-state index in [1.807, 2.05) is 6.92 Å². The van der Waals surface area contributed by atoms with Crippen molar-refractivity contribution in [2.45, 2.75) is 39.0 Å². The number of aryl methyl sites for hydroxylation is 1. The van der Waals surface area contributed by atoms with Crippen molar-refractivity contribution in [3.05, 3.63) is 107 Å². The van der Waals surface area contributed by atoms with Gasteiger partial charge in [-0.25, -0.2) is 9.97 Å². The van der Waals surface area contributed by atoms with E-state index in [9.17, 15) is 0 Å². The van der Waals surface area contributed by atoms with Gasteiger partial charge < -0.3 is 0 Å². The molecule has 5 aromatic rings. The van der Waals surface area contributed by atoms with Crippen molar-refractivity contribution in [3.63, 3.8) is 0 Å². The molecule has 164 valence electrons. The van der Waals surface area contributed by atoms with Crippen molar-refractivity contribution in [1.29, 1.82) is 0 Å². The molecule has 34 heavy (non-hydrogen) atoms. The Labute approximate surface area is 199 Å². The van der Waals surface area contributed by atoms with Gasteiger partial charge in [0, 0.05) is 16.2 Å². The van der Waals surface area contributed by atoms with Crippen LogP contribution in [0.2, 0.25) is 0 Å². The fraction of sp³-hybridized carbons (Fsp3) is 0.188. The molecule has 1 heterocycles. The van der Waals surface area contributed by atoms with Crippen molar-refractivity contribution >= 4 is 43.6 Å². The largest absolute Gasteiger partial charge is 0.233 e. The Kier molecular flexibility index (Phi) is 3.97. The van der Waals surface area contributed by atoms with Gasteiger partial charge in [-0.05, 0) is 63.8 Å². The fourth-order valence-electron chi connectivity index (χ4n) is 6.30. The monoisotopic (exact) mass is 438 g/mol. The number of rotatable bonds is 1. The molecule has 2 heteroatoms. The molecular formula is C32H26N2. The number of fused-ring (bicyclic) bond motifs is 8. The van der Waals surface area contributed by atoms with E-state index in [4.69, 9.17) is 9.97 Å². The van der Waals surface area contributed by atoms with Crippen LogP contribution in [0, 0.1) is 6.92 Å². The van der Waals surface area contributed by atoms with Gasteiger partial charge in [0.2, 0.25) is 0 Å². The van der Waals surface area contributed by atoms with Gasteiger partial charge >= 0.3 is 0 Å². The molecule has 2 nitrogen and oxygen atoms in total. The Hall–Kier alpha value is -3.78. The molecular weight excluding hydrogens is 412 g/mol. The molecule has 0 saturated heterocycles. The number of allylic oxidation sites excluding steroid dienone is 4. The minimum absolute atomic E-state index is 0.00421. The summed E-state index contributed by atoms with van der Waals surface area (Å²) in [7, 11) is 0. The number of aromatic nitrogens is 2. The van der Waals surface area contributed by atoms with Crippen LogP contribution in [-0.2, 0) is 5.41 Å². The third-order valence-electron chi connectivity index (χ3n) is 7.88. The first-order valence-corrected chi connectivity index (χ1v) is 12.2. The number of nitrogens with zero attached hydrogens (tertiary/aromatic N) is 2. The summed E-state index contributed by atoms with van der Waals surface area (Å²) in [6.45, 7) is 6.75. The highest BCUT2D eigenvalue weighted by atomic mass is 14.9. The number of hydrogen-bond acceptors (Lipinski definition) is 2. The van der Waals surface area contributed by atoms with Crippen LogP contribution in [0.4, 0.5) is 0 Å². The molecule has 0 aliphatic heterocycles. The van der Waals surface area contributed by atoms with Crippen LogP contribution in [0.5, 0.6) is 0 Å². The van der Waals surface area contributed by atoms with E-state index in [1.165, 1.54) is 54.8 Å². The molecule has 0 saturated carbocycles. The molecule has 4 aromatic carbocycles. The van der Waals surface area contributed by atoms with Crippen LogP contribution in [-0.4, -0.2) is 9.97 Å². The van der Waals surface area contributed by atoms with Crippen LogP contribution < -0.4 is 0 Å². The third kappa shape index (κ3) is 2.57. The van der Waals surface area contributed by atoms with Crippen molar-refractivity contribution in [2.24, 2.45) is 0 Å². The molecule has 0 atom stereocenters. The molecule has 7 rings (SSSR count). The minimum Gasteiger partial charge on any atom is -0.233 e. The highest BCUT2D eigenvalue weighted by Gasteiger charge is 2.38. The SMILES string of the molecule is Cc1nc(C2=CC3=C(CC2)c2ccccc2C3(C)C)c2c3ccccc3c3ccccc3c2n1. The summed E-state index contributed by atoms with van der Waals surface area (Å²) in [5, 5.41) is 6.14. The summed E-state index contributed by atoms with van der Waals surface area (Å²) in [5.74, 6) is 0.831. The highest BCUT2D eigenvalue weighted by Crippen LogP contribution is 2.52. The van der Waals surface area contributed by atoms with E-state index < -0.39 is 0 Å². The van der Waals surface area contributed by atoms with Crippen LogP contribution >= 0.6 is 0 Å². The Morgan fingerprint density at radius 1 is 0.706 bits per heavy atom. The summed E-state index contributed by atoms with van der Waals surface area (Å²) < 4.78 is 0. The Morgan fingerprint density at radius 3 is 2.15 bits per heavy atom. The number of benzene rings is 4. The van der Waals surface area contributed by atoms with Crippen LogP contribution in [0.3, 0.4) is 0 Å². The smallest absolute Gasteiger partial charge is 0.126 e. The molecule has 0 radical (unpaired) electrons. The minimum atomic E-state index is 0.00421. The second-order valence-electron chi connectivity index (χ2n) is 10.2. The molecule has 2 aliphatic carbocycles. The van der Waals surface area contributed by atoms with Gasteiger partial charge in [-0.1, -0.05) is 92.7 Å².